The third kappa shape index (κ3) is 3.97. The fourth-order valence-electron chi connectivity index (χ4n) is 1.44. The molecular weight excluding hydrogens is 250 g/mol. The van der Waals surface area contributed by atoms with Crippen LogP contribution in [0.5, 0.6) is 11.8 Å². The molecule has 0 saturated carbocycles. The Morgan fingerprint density at radius 1 is 1.16 bits per heavy atom. The summed E-state index contributed by atoms with van der Waals surface area (Å²) in [5.41, 5.74) is 0. The van der Waals surface area contributed by atoms with E-state index in [1.807, 2.05) is 13.8 Å². The molecule has 0 spiro atoms. The molecule has 7 nitrogen and oxygen atoms in total. The number of aromatic nitrogens is 2. The number of hydrogen-bond acceptors (Lipinski definition) is 7. The van der Waals surface area contributed by atoms with E-state index in [1.54, 1.807) is 6.07 Å². The Bertz CT molecular complexity index is 415. The number of esters is 1. The van der Waals surface area contributed by atoms with Gasteiger partial charge in [0, 0.05) is 0 Å². The highest BCUT2D eigenvalue weighted by Gasteiger charge is 2.24. The van der Waals surface area contributed by atoms with Gasteiger partial charge in [0.05, 0.1) is 27.4 Å². The first kappa shape index (κ1) is 15.0. The van der Waals surface area contributed by atoms with Crippen molar-refractivity contribution in [2.45, 2.75) is 19.9 Å². The Labute approximate surface area is 112 Å². The van der Waals surface area contributed by atoms with Crippen molar-refractivity contribution < 1.29 is 19.0 Å². The summed E-state index contributed by atoms with van der Waals surface area (Å²) in [5.74, 6) is 0.595. The van der Waals surface area contributed by atoms with Crippen LogP contribution in [0.2, 0.25) is 0 Å². The van der Waals surface area contributed by atoms with Gasteiger partial charge < -0.3 is 19.5 Å². The molecule has 0 aliphatic heterocycles. The molecule has 0 aromatic carbocycles. The summed E-state index contributed by atoms with van der Waals surface area (Å²) in [6.07, 6.45) is 0. The van der Waals surface area contributed by atoms with Crippen LogP contribution in [0, 0.1) is 5.92 Å². The van der Waals surface area contributed by atoms with Crippen molar-refractivity contribution in [3.63, 3.8) is 0 Å². The normalized spacial score (nSPS) is 11.9. The number of nitrogens with one attached hydrogen (secondary N) is 1. The number of hydrogen-bond donors (Lipinski definition) is 1. The molecule has 0 bridgehead atoms. The van der Waals surface area contributed by atoms with E-state index in [0.717, 1.165) is 0 Å². The van der Waals surface area contributed by atoms with Crippen LogP contribution in [-0.2, 0) is 9.53 Å². The predicted octanol–water partition coefficient (Wildman–Crippen LogP) is 1.10. The number of rotatable bonds is 6. The third-order valence-corrected chi connectivity index (χ3v) is 2.50. The number of carbonyl (C=O) groups excluding carboxylic acids is 1. The molecule has 1 atom stereocenters. The molecule has 1 N–H and O–H groups in total. The zero-order valence-electron chi connectivity index (χ0n) is 11.8. The lowest BCUT2D eigenvalue weighted by Gasteiger charge is -2.20. The summed E-state index contributed by atoms with van der Waals surface area (Å²) in [6, 6.07) is 1.01. The van der Waals surface area contributed by atoms with E-state index in [4.69, 9.17) is 14.2 Å². The van der Waals surface area contributed by atoms with Gasteiger partial charge in [-0.3, -0.25) is 0 Å². The Hall–Kier alpha value is -2.05. The van der Waals surface area contributed by atoms with Crippen molar-refractivity contribution in [1.82, 2.24) is 9.97 Å². The SMILES string of the molecule is COC(=O)C(Nc1nc(OC)cc(OC)n1)C(C)C. The second-order valence-corrected chi connectivity index (χ2v) is 4.17. The summed E-state index contributed by atoms with van der Waals surface area (Å²) < 4.78 is 14.8. The van der Waals surface area contributed by atoms with Gasteiger partial charge in [0.1, 0.15) is 6.04 Å². The molecule has 7 heteroatoms. The summed E-state index contributed by atoms with van der Waals surface area (Å²) in [4.78, 5) is 19.9. The lowest BCUT2D eigenvalue weighted by molar-refractivity contribution is -0.142. The zero-order valence-corrected chi connectivity index (χ0v) is 11.8. The van der Waals surface area contributed by atoms with Crippen molar-refractivity contribution in [3.05, 3.63) is 6.07 Å². The van der Waals surface area contributed by atoms with Crippen molar-refractivity contribution >= 4 is 11.9 Å². The molecule has 106 valence electrons. The van der Waals surface area contributed by atoms with E-state index in [1.165, 1.54) is 21.3 Å². The van der Waals surface area contributed by atoms with Crippen LogP contribution in [0.15, 0.2) is 6.07 Å². The standard InChI is InChI=1S/C12H19N3O4/c1-7(2)10(11(16)19-5)15-12-13-8(17-3)6-9(14-12)18-4/h6-7,10H,1-5H3,(H,13,14,15). The maximum absolute atomic E-state index is 11.7. The van der Waals surface area contributed by atoms with Crippen LogP contribution in [0.1, 0.15) is 13.8 Å². The number of carbonyl (C=O) groups is 1. The van der Waals surface area contributed by atoms with Crippen LogP contribution in [0.3, 0.4) is 0 Å². The van der Waals surface area contributed by atoms with Gasteiger partial charge in [0.25, 0.3) is 0 Å². The molecular formula is C12H19N3O4. The first-order chi connectivity index (χ1) is 9.01. The molecule has 0 aliphatic rings. The minimum absolute atomic E-state index is 0.0215. The number of anilines is 1. The molecule has 1 rings (SSSR count). The topological polar surface area (TPSA) is 82.6 Å². The van der Waals surface area contributed by atoms with E-state index < -0.39 is 6.04 Å². The minimum Gasteiger partial charge on any atom is -0.481 e. The lowest BCUT2D eigenvalue weighted by atomic mass is 10.1. The molecule has 19 heavy (non-hydrogen) atoms. The Morgan fingerprint density at radius 2 is 1.68 bits per heavy atom. The van der Waals surface area contributed by atoms with Crippen LogP contribution in [0.25, 0.3) is 0 Å². The maximum atomic E-state index is 11.7. The fourth-order valence-corrected chi connectivity index (χ4v) is 1.44. The van der Waals surface area contributed by atoms with Crippen LogP contribution < -0.4 is 14.8 Å². The van der Waals surface area contributed by atoms with Gasteiger partial charge in [-0.1, -0.05) is 13.8 Å². The van der Waals surface area contributed by atoms with Crippen LogP contribution in [-0.4, -0.2) is 43.3 Å². The third-order valence-electron chi connectivity index (χ3n) is 2.50. The summed E-state index contributed by atoms with van der Waals surface area (Å²) >= 11 is 0. The Balaban J connectivity index is 2.98. The second kappa shape index (κ2) is 6.77. The van der Waals surface area contributed by atoms with Crippen molar-refractivity contribution in [1.29, 1.82) is 0 Å². The number of methoxy groups -OCH3 is 3. The van der Waals surface area contributed by atoms with E-state index >= 15 is 0 Å². The van der Waals surface area contributed by atoms with Gasteiger partial charge in [0.15, 0.2) is 0 Å². The van der Waals surface area contributed by atoms with Gasteiger partial charge in [-0.2, -0.15) is 9.97 Å². The van der Waals surface area contributed by atoms with E-state index in [0.29, 0.717) is 11.8 Å². The van der Waals surface area contributed by atoms with E-state index in [9.17, 15) is 4.79 Å². The quantitative estimate of drug-likeness (QED) is 0.774. The fraction of sp³-hybridized carbons (Fsp3) is 0.583. The molecule has 1 heterocycles. The molecule has 0 aliphatic carbocycles. The maximum Gasteiger partial charge on any atom is 0.328 e. The van der Waals surface area contributed by atoms with Gasteiger partial charge in [0.2, 0.25) is 17.7 Å². The predicted molar refractivity (Wildman–Crippen MR) is 69.4 cm³/mol. The average Bonchev–Trinajstić information content (AvgIpc) is 2.43. The second-order valence-electron chi connectivity index (χ2n) is 4.17. The molecule has 0 fully saturated rings. The van der Waals surface area contributed by atoms with Crippen molar-refractivity contribution in [3.8, 4) is 11.8 Å². The molecule has 1 aromatic heterocycles. The highest BCUT2D eigenvalue weighted by atomic mass is 16.5. The smallest absolute Gasteiger partial charge is 0.328 e. The van der Waals surface area contributed by atoms with Crippen LogP contribution in [0.4, 0.5) is 5.95 Å². The van der Waals surface area contributed by atoms with E-state index in [-0.39, 0.29) is 17.8 Å². The number of nitrogens with zero attached hydrogens (tertiary/aromatic N) is 2. The van der Waals surface area contributed by atoms with Gasteiger partial charge in [-0.25, -0.2) is 4.79 Å². The largest absolute Gasteiger partial charge is 0.481 e. The summed E-state index contributed by atoms with van der Waals surface area (Å²) in [6.45, 7) is 3.79. The monoisotopic (exact) mass is 269 g/mol. The molecule has 0 saturated heterocycles. The van der Waals surface area contributed by atoms with Gasteiger partial charge >= 0.3 is 5.97 Å². The molecule has 0 amide bonds. The van der Waals surface area contributed by atoms with Crippen molar-refractivity contribution in [2.75, 3.05) is 26.6 Å². The summed E-state index contributed by atoms with van der Waals surface area (Å²) in [7, 11) is 4.32. The highest BCUT2D eigenvalue weighted by Crippen LogP contribution is 2.19. The first-order valence-corrected chi connectivity index (χ1v) is 5.83. The summed E-state index contributed by atoms with van der Waals surface area (Å²) in [5, 5.41) is 2.92. The highest BCUT2D eigenvalue weighted by molar-refractivity contribution is 5.78. The number of ether oxygens (including phenoxy) is 3. The Morgan fingerprint density at radius 3 is 2.05 bits per heavy atom. The zero-order chi connectivity index (χ0) is 14.4. The average molecular weight is 269 g/mol. The van der Waals surface area contributed by atoms with Crippen molar-refractivity contribution in [2.24, 2.45) is 5.92 Å². The molecule has 0 radical (unpaired) electrons. The van der Waals surface area contributed by atoms with Crippen LogP contribution >= 0.6 is 0 Å². The minimum atomic E-state index is -0.540. The lowest BCUT2D eigenvalue weighted by Crippen LogP contribution is -2.36. The van der Waals surface area contributed by atoms with E-state index in [2.05, 4.69) is 15.3 Å². The molecule has 1 aromatic rings. The Kier molecular flexibility index (Phi) is 5.35. The van der Waals surface area contributed by atoms with Gasteiger partial charge in [-0.15, -0.1) is 0 Å². The first-order valence-electron chi connectivity index (χ1n) is 5.83. The van der Waals surface area contributed by atoms with Gasteiger partial charge in [-0.05, 0) is 5.92 Å². The molecule has 1 unspecified atom stereocenters.